The molecule has 0 fully saturated rings. The fraction of sp³-hybridized carbons (Fsp3) is 0.125. The van der Waals surface area contributed by atoms with Crippen LogP contribution in [0.25, 0.3) is 11.1 Å². The van der Waals surface area contributed by atoms with Gasteiger partial charge >= 0.3 is 0 Å². The van der Waals surface area contributed by atoms with Crippen LogP contribution in [0.4, 0.5) is 23.3 Å². The lowest BCUT2D eigenvalue weighted by Crippen LogP contribution is -2.18. The van der Waals surface area contributed by atoms with Crippen LogP contribution in [0.15, 0.2) is 116 Å². The number of hydrazone groups is 2. The standard InChI is InChI=1S/C32H33N9O4S3/c1-21(23-10-14-27(15-11-23)47(42,43)33-3)38-40-30-29(25-18-19-46-20-25)31(37-32(36-30)35-26-8-6-5-7-9-26)41-39-22(2)24-12-16-28(17-13-24)48(44,45)34-4/h5-20,33-34H,1-4H3,(H3,35,36,37,40,41)/b38-21-,39-22+. The molecule has 0 unspecified atom stereocenters. The molecule has 0 bridgehead atoms. The maximum atomic E-state index is 12.2. The summed E-state index contributed by atoms with van der Waals surface area (Å²) in [6, 6.07) is 24.2. The van der Waals surface area contributed by atoms with Gasteiger partial charge in [0.15, 0.2) is 11.6 Å². The fourth-order valence-electron chi connectivity index (χ4n) is 4.40. The maximum absolute atomic E-state index is 12.2. The van der Waals surface area contributed by atoms with Crippen molar-refractivity contribution in [2.75, 3.05) is 30.3 Å². The van der Waals surface area contributed by atoms with Crippen LogP contribution < -0.4 is 25.6 Å². The number of para-hydroxylation sites is 1. The molecule has 0 atom stereocenters. The third kappa shape index (κ3) is 8.10. The van der Waals surface area contributed by atoms with Crippen LogP contribution in [0.3, 0.4) is 0 Å². The van der Waals surface area contributed by atoms with E-state index in [9.17, 15) is 16.8 Å². The van der Waals surface area contributed by atoms with Crippen molar-refractivity contribution in [1.29, 1.82) is 0 Å². The van der Waals surface area contributed by atoms with Crippen LogP contribution in [0.1, 0.15) is 25.0 Å². The van der Waals surface area contributed by atoms with Gasteiger partial charge in [0.2, 0.25) is 26.0 Å². The highest BCUT2D eigenvalue weighted by Gasteiger charge is 2.19. The molecule has 0 aliphatic heterocycles. The normalized spacial score (nSPS) is 12.5. The van der Waals surface area contributed by atoms with Gasteiger partial charge < -0.3 is 5.32 Å². The lowest BCUT2D eigenvalue weighted by Gasteiger charge is -2.15. The predicted molar refractivity (Wildman–Crippen MR) is 192 cm³/mol. The second-order valence-corrected chi connectivity index (χ2v) is 14.8. The number of hydrogen-bond acceptors (Lipinski definition) is 12. The predicted octanol–water partition coefficient (Wildman–Crippen LogP) is 5.44. The molecule has 0 aliphatic carbocycles. The SMILES string of the molecule is CNS(=O)(=O)c1ccc(/C(C)=N\Nc2nc(Nc3ccccc3)nc(N/N=C(\C)c3ccc(S(=O)(=O)NC)cc3)c2-c2ccsc2)cc1. The molecule has 0 saturated carbocycles. The molecule has 13 nitrogen and oxygen atoms in total. The molecule has 48 heavy (non-hydrogen) atoms. The number of aromatic nitrogens is 2. The summed E-state index contributed by atoms with van der Waals surface area (Å²) in [5.41, 5.74) is 11.0. The van der Waals surface area contributed by atoms with Crippen molar-refractivity contribution in [2.24, 2.45) is 10.2 Å². The lowest BCUT2D eigenvalue weighted by atomic mass is 10.1. The number of sulfonamides is 2. The summed E-state index contributed by atoms with van der Waals surface area (Å²) < 4.78 is 53.3. The summed E-state index contributed by atoms with van der Waals surface area (Å²) in [6.07, 6.45) is 0. The van der Waals surface area contributed by atoms with Gasteiger partial charge in [-0.3, -0.25) is 10.9 Å². The molecule has 5 rings (SSSR count). The second-order valence-electron chi connectivity index (χ2n) is 10.2. The van der Waals surface area contributed by atoms with E-state index in [1.807, 2.05) is 47.2 Å². The number of benzene rings is 3. The molecule has 0 aliphatic rings. The molecule has 2 heterocycles. The molecule has 0 radical (unpaired) electrons. The Morgan fingerprint density at radius 3 is 1.56 bits per heavy atom. The van der Waals surface area contributed by atoms with Crippen LogP contribution in [-0.2, 0) is 20.0 Å². The Kier molecular flexibility index (Phi) is 10.6. The number of rotatable bonds is 13. The molecule has 5 aromatic rings. The van der Waals surface area contributed by atoms with Crippen molar-refractivity contribution >= 4 is 66.1 Å². The lowest BCUT2D eigenvalue weighted by molar-refractivity contribution is 0.586. The zero-order chi connectivity index (χ0) is 34.3. The Morgan fingerprint density at radius 2 is 1.15 bits per heavy atom. The summed E-state index contributed by atoms with van der Waals surface area (Å²) in [5.74, 6) is 1.04. The van der Waals surface area contributed by atoms with Crippen molar-refractivity contribution in [3.63, 3.8) is 0 Å². The zero-order valence-electron chi connectivity index (χ0n) is 26.4. The van der Waals surface area contributed by atoms with Crippen molar-refractivity contribution in [2.45, 2.75) is 23.6 Å². The van der Waals surface area contributed by atoms with Gasteiger partial charge in [0, 0.05) is 5.69 Å². The first-order valence-corrected chi connectivity index (χ1v) is 18.4. The average Bonchev–Trinajstić information content (AvgIpc) is 3.64. The van der Waals surface area contributed by atoms with E-state index in [0.29, 0.717) is 39.7 Å². The molecule has 0 amide bonds. The van der Waals surface area contributed by atoms with E-state index >= 15 is 0 Å². The molecule has 2 aromatic heterocycles. The van der Waals surface area contributed by atoms with Crippen LogP contribution in [0.2, 0.25) is 0 Å². The largest absolute Gasteiger partial charge is 0.324 e. The number of hydrogen-bond donors (Lipinski definition) is 5. The smallest absolute Gasteiger partial charge is 0.240 e. The Labute approximate surface area is 283 Å². The number of anilines is 4. The van der Waals surface area contributed by atoms with Gasteiger partial charge in [-0.25, -0.2) is 26.3 Å². The molecular formula is C32H33N9O4S3. The molecule has 16 heteroatoms. The van der Waals surface area contributed by atoms with Crippen LogP contribution in [-0.4, -0.2) is 52.3 Å². The Bertz CT molecular complexity index is 2040. The number of nitrogens with one attached hydrogen (secondary N) is 5. The van der Waals surface area contributed by atoms with Crippen molar-refractivity contribution in [3.05, 3.63) is 107 Å². The average molecular weight is 704 g/mol. The summed E-state index contributed by atoms with van der Waals surface area (Å²) in [5, 5.41) is 16.3. The van der Waals surface area contributed by atoms with Crippen LogP contribution in [0.5, 0.6) is 0 Å². The third-order valence-corrected chi connectivity index (χ3v) is 10.7. The first kappa shape index (κ1) is 34.3. The minimum absolute atomic E-state index is 0.146. The molecule has 0 saturated heterocycles. The van der Waals surface area contributed by atoms with E-state index in [2.05, 4.69) is 35.8 Å². The highest BCUT2D eigenvalue weighted by atomic mass is 32.2. The Morgan fingerprint density at radius 1 is 0.667 bits per heavy atom. The molecule has 0 spiro atoms. The molecule has 5 N–H and O–H groups in total. The Hall–Kier alpha value is -5.00. The summed E-state index contributed by atoms with van der Waals surface area (Å²) in [4.78, 5) is 9.81. The van der Waals surface area contributed by atoms with Crippen LogP contribution in [0, 0.1) is 0 Å². The highest BCUT2D eigenvalue weighted by molar-refractivity contribution is 7.89. The van der Waals surface area contributed by atoms with Gasteiger partial charge in [0.05, 0.1) is 26.8 Å². The maximum Gasteiger partial charge on any atom is 0.240 e. The number of thiophene rings is 1. The van der Waals surface area contributed by atoms with E-state index in [1.54, 1.807) is 38.1 Å². The quantitative estimate of drug-likeness (QED) is 0.0789. The molecule has 248 valence electrons. The minimum Gasteiger partial charge on any atom is -0.324 e. The zero-order valence-corrected chi connectivity index (χ0v) is 28.8. The first-order chi connectivity index (χ1) is 23.0. The third-order valence-electron chi connectivity index (χ3n) is 7.11. The van der Waals surface area contributed by atoms with E-state index < -0.39 is 20.0 Å². The van der Waals surface area contributed by atoms with Gasteiger partial charge in [-0.1, -0.05) is 42.5 Å². The number of nitrogens with zero attached hydrogens (tertiary/aromatic N) is 4. The van der Waals surface area contributed by atoms with Crippen molar-refractivity contribution < 1.29 is 16.8 Å². The van der Waals surface area contributed by atoms with Gasteiger partial charge in [-0.15, -0.1) is 0 Å². The Balaban J connectivity index is 1.53. The second kappa shape index (κ2) is 14.8. The monoisotopic (exact) mass is 703 g/mol. The van der Waals surface area contributed by atoms with E-state index in [0.717, 1.165) is 11.3 Å². The van der Waals surface area contributed by atoms with Gasteiger partial charge in [0.1, 0.15) is 0 Å². The van der Waals surface area contributed by atoms with Gasteiger partial charge in [0.25, 0.3) is 0 Å². The van der Waals surface area contributed by atoms with E-state index in [1.165, 1.54) is 49.7 Å². The summed E-state index contributed by atoms with van der Waals surface area (Å²) in [7, 11) is -4.42. The summed E-state index contributed by atoms with van der Waals surface area (Å²) in [6.45, 7) is 3.59. The van der Waals surface area contributed by atoms with Gasteiger partial charge in [-0.2, -0.15) is 31.5 Å². The molecule has 3 aromatic carbocycles. The first-order valence-electron chi connectivity index (χ1n) is 14.5. The summed E-state index contributed by atoms with van der Waals surface area (Å²) >= 11 is 1.50. The molecular weight excluding hydrogens is 671 g/mol. The highest BCUT2D eigenvalue weighted by Crippen LogP contribution is 2.36. The van der Waals surface area contributed by atoms with Crippen LogP contribution >= 0.6 is 11.3 Å². The van der Waals surface area contributed by atoms with Gasteiger partial charge in [-0.05, 0) is 97.9 Å². The topological polar surface area (TPSA) is 179 Å². The van der Waals surface area contributed by atoms with Crippen molar-refractivity contribution in [1.82, 2.24) is 19.4 Å². The minimum atomic E-state index is -3.57. The van der Waals surface area contributed by atoms with Crippen molar-refractivity contribution in [3.8, 4) is 11.1 Å². The fourth-order valence-corrected chi connectivity index (χ4v) is 6.51. The van der Waals surface area contributed by atoms with E-state index in [4.69, 9.17) is 9.97 Å². The van der Waals surface area contributed by atoms with E-state index in [-0.39, 0.29) is 15.7 Å².